The van der Waals surface area contributed by atoms with Crippen molar-refractivity contribution in [3.05, 3.63) is 29.6 Å². The molecular formula is C11H14ClF3N2O. The predicted octanol–water partition coefficient (Wildman–Crippen LogP) is 2.32. The Morgan fingerprint density at radius 1 is 1.22 bits per heavy atom. The lowest BCUT2D eigenvalue weighted by molar-refractivity contribution is -0.119. The summed E-state index contributed by atoms with van der Waals surface area (Å²) in [6.07, 6.45) is 0. The van der Waals surface area contributed by atoms with Crippen molar-refractivity contribution in [2.45, 2.75) is 6.92 Å². The lowest BCUT2D eigenvalue weighted by Gasteiger charge is -2.12. The molecule has 1 amide bonds. The minimum absolute atomic E-state index is 0. The molecule has 0 heterocycles. The molecule has 1 atom stereocenters. The van der Waals surface area contributed by atoms with E-state index in [1.807, 2.05) is 0 Å². The SMILES string of the molecule is CNCC(C)C(=O)Nc1cc(F)c(F)cc1F.Cl. The molecule has 0 aliphatic carbocycles. The number of carbonyl (C=O) groups excluding carboxylic acids is 1. The predicted molar refractivity (Wildman–Crippen MR) is 65.3 cm³/mol. The van der Waals surface area contributed by atoms with Gasteiger partial charge in [-0.2, -0.15) is 0 Å². The van der Waals surface area contributed by atoms with Gasteiger partial charge in [0, 0.05) is 24.6 Å². The minimum Gasteiger partial charge on any atom is -0.323 e. The molecule has 0 saturated carbocycles. The summed E-state index contributed by atoms with van der Waals surface area (Å²) >= 11 is 0. The van der Waals surface area contributed by atoms with Crippen molar-refractivity contribution in [1.29, 1.82) is 0 Å². The summed E-state index contributed by atoms with van der Waals surface area (Å²) in [5.41, 5.74) is -0.364. The van der Waals surface area contributed by atoms with Crippen LogP contribution in [0.4, 0.5) is 18.9 Å². The molecule has 1 unspecified atom stereocenters. The van der Waals surface area contributed by atoms with Crippen LogP contribution in [0.5, 0.6) is 0 Å². The van der Waals surface area contributed by atoms with E-state index in [2.05, 4.69) is 10.6 Å². The van der Waals surface area contributed by atoms with Crippen LogP contribution in [0.2, 0.25) is 0 Å². The van der Waals surface area contributed by atoms with Crippen molar-refractivity contribution in [3.63, 3.8) is 0 Å². The van der Waals surface area contributed by atoms with Gasteiger partial charge in [-0.25, -0.2) is 13.2 Å². The highest BCUT2D eigenvalue weighted by molar-refractivity contribution is 5.92. The molecule has 0 saturated heterocycles. The van der Waals surface area contributed by atoms with Crippen LogP contribution in [0.3, 0.4) is 0 Å². The van der Waals surface area contributed by atoms with Crippen LogP contribution in [0.1, 0.15) is 6.92 Å². The quantitative estimate of drug-likeness (QED) is 0.832. The minimum atomic E-state index is -1.29. The van der Waals surface area contributed by atoms with Crippen molar-refractivity contribution in [1.82, 2.24) is 5.32 Å². The van der Waals surface area contributed by atoms with Gasteiger partial charge in [-0.1, -0.05) is 6.92 Å². The van der Waals surface area contributed by atoms with Crippen LogP contribution < -0.4 is 10.6 Å². The first kappa shape index (κ1) is 16.7. The highest BCUT2D eigenvalue weighted by atomic mass is 35.5. The molecule has 2 N–H and O–H groups in total. The first-order valence-corrected chi connectivity index (χ1v) is 5.05. The second-order valence-corrected chi connectivity index (χ2v) is 3.69. The van der Waals surface area contributed by atoms with Crippen LogP contribution in [0.25, 0.3) is 0 Å². The Morgan fingerprint density at radius 2 is 1.78 bits per heavy atom. The largest absolute Gasteiger partial charge is 0.323 e. The number of rotatable bonds is 4. The van der Waals surface area contributed by atoms with Crippen molar-refractivity contribution >= 4 is 24.0 Å². The normalized spacial score (nSPS) is 11.6. The van der Waals surface area contributed by atoms with E-state index >= 15 is 0 Å². The van der Waals surface area contributed by atoms with Crippen molar-refractivity contribution in [2.75, 3.05) is 18.9 Å². The highest BCUT2D eigenvalue weighted by Gasteiger charge is 2.16. The fraction of sp³-hybridized carbons (Fsp3) is 0.364. The van der Waals surface area contributed by atoms with Gasteiger partial charge in [0.1, 0.15) is 5.82 Å². The standard InChI is InChI=1S/C11H13F3N2O.ClH/c1-6(5-15-2)11(17)16-10-4-8(13)7(12)3-9(10)14;/h3-4,6,15H,5H2,1-2H3,(H,16,17);1H. The topological polar surface area (TPSA) is 41.1 Å². The third-order valence-corrected chi connectivity index (χ3v) is 2.23. The highest BCUT2D eigenvalue weighted by Crippen LogP contribution is 2.18. The molecule has 0 radical (unpaired) electrons. The van der Waals surface area contributed by atoms with Gasteiger partial charge in [0.15, 0.2) is 11.6 Å². The molecule has 1 aromatic rings. The number of hydrogen-bond donors (Lipinski definition) is 2. The fourth-order valence-electron chi connectivity index (χ4n) is 1.27. The molecule has 3 nitrogen and oxygen atoms in total. The summed E-state index contributed by atoms with van der Waals surface area (Å²) in [5, 5.41) is 4.98. The molecule has 0 aliphatic rings. The van der Waals surface area contributed by atoms with Gasteiger partial charge in [0.2, 0.25) is 5.91 Å². The van der Waals surface area contributed by atoms with E-state index in [0.29, 0.717) is 18.7 Å². The number of benzene rings is 1. The number of halogens is 4. The van der Waals surface area contributed by atoms with Crippen LogP contribution in [0, 0.1) is 23.4 Å². The molecule has 0 spiro atoms. The maximum absolute atomic E-state index is 13.2. The zero-order valence-corrected chi connectivity index (χ0v) is 10.7. The van der Waals surface area contributed by atoms with E-state index in [0.717, 1.165) is 0 Å². The van der Waals surface area contributed by atoms with E-state index in [4.69, 9.17) is 0 Å². The molecule has 1 aromatic carbocycles. The van der Waals surface area contributed by atoms with Gasteiger partial charge in [-0.05, 0) is 7.05 Å². The summed E-state index contributed by atoms with van der Waals surface area (Å²) in [6.45, 7) is 2.03. The van der Waals surface area contributed by atoms with Gasteiger partial charge in [-0.15, -0.1) is 12.4 Å². The molecule has 102 valence electrons. The number of amides is 1. The van der Waals surface area contributed by atoms with E-state index in [-0.39, 0.29) is 18.1 Å². The lowest BCUT2D eigenvalue weighted by Crippen LogP contribution is -2.29. The molecule has 7 heteroatoms. The Bertz CT molecular complexity index is 429. The molecule has 0 fully saturated rings. The van der Waals surface area contributed by atoms with Gasteiger partial charge in [0.25, 0.3) is 0 Å². The molecule has 0 aromatic heterocycles. The van der Waals surface area contributed by atoms with E-state index in [9.17, 15) is 18.0 Å². The summed E-state index contributed by atoms with van der Waals surface area (Å²) in [5.74, 6) is -4.38. The maximum Gasteiger partial charge on any atom is 0.228 e. The summed E-state index contributed by atoms with van der Waals surface area (Å²) < 4.78 is 38.7. The Morgan fingerprint density at radius 3 is 2.33 bits per heavy atom. The van der Waals surface area contributed by atoms with Gasteiger partial charge < -0.3 is 10.6 Å². The second-order valence-electron chi connectivity index (χ2n) is 3.69. The zero-order chi connectivity index (χ0) is 13.0. The molecule has 0 aliphatic heterocycles. The zero-order valence-electron chi connectivity index (χ0n) is 9.89. The van der Waals surface area contributed by atoms with Gasteiger partial charge >= 0.3 is 0 Å². The third-order valence-electron chi connectivity index (χ3n) is 2.23. The van der Waals surface area contributed by atoms with Crippen LogP contribution in [0.15, 0.2) is 12.1 Å². The van der Waals surface area contributed by atoms with Crippen LogP contribution >= 0.6 is 12.4 Å². The monoisotopic (exact) mass is 282 g/mol. The summed E-state index contributed by atoms with van der Waals surface area (Å²) in [7, 11) is 1.67. The Labute approximate surface area is 109 Å². The second kappa shape index (κ2) is 7.23. The molecular weight excluding hydrogens is 269 g/mol. The molecule has 1 rings (SSSR count). The Balaban J connectivity index is 0.00000289. The Kier molecular flexibility index (Phi) is 6.72. The fourth-order valence-corrected chi connectivity index (χ4v) is 1.27. The number of nitrogens with one attached hydrogen (secondary N) is 2. The van der Waals surface area contributed by atoms with Crippen molar-refractivity contribution < 1.29 is 18.0 Å². The van der Waals surface area contributed by atoms with Gasteiger partial charge in [-0.3, -0.25) is 4.79 Å². The lowest BCUT2D eigenvalue weighted by atomic mass is 10.1. The molecule has 0 bridgehead atoms. The first-order valence-electron chi connectivity index (χ1n) is 5.05. The van der Waals surface area contributed by atoms with E-state index < -0.39 is 29.3 Å². The van der Waals surface area contributed by atoms with Crippen LogP contribution in [-0.2, 0) is 4.79 Å². The Hall–Kier alpha value is -1.27. The van der Waals surface area contributed by atoms with E-state index in [1.54, 1.807) is 14.0 Å². The van der Waals surface area contributed by atoms with Crippen molar-refractivity contribution in [3.8, 4) is 0 Å². The average molecular weight is 283 g/mol. The smallest absolute Gasteiger partial charge is 0.228 e. The summed E-state index contributed by atoms with van der Waals surface area (Å²) in [6, 6.07) is 1.02. The summed E-state index contributed by atoms with van der Waals surface area (Å²) in [4.78, 5) is 11.5. The average Bonchev–Trinajstić information content (AvgIpc) is 2.26. The number of anilines is 1. The number of hydrogen-bond acceptors (Lipinski definition) is 2. The maximum atomic E-state index is 13.2. The van der Waals surface area contributed by atoms with Gasteiger partial charge in [0.05, 0.1) is 5.69 Å². The molecule has 18 heavy (non-hydrogen) atoms. The third kappa shape index (κ3) is 4.19. The number of carbonyl (C=O) groups is 1. The van der Waals surface area contributed by atoms with Crippen molar-refractivity contribution in [2.24, 2.45) is 5.92 Å². The first-order chi connectivity index (χ1) is 7.95. The van der Waals surface area contributed by atoms with E-state index in [1.165, 1.54) is 0 Å². The van der Waals surface area contributed by atoms with Crippen LogP contribution in [-0.4, -0.2) is 19.5 Å².